The molecule has 3 aromatic rings. The summed E-state index contributed by atoms with van der Waals surface area (Å²) in [5.41, 5.74) is 2.31. The van der Waals surface area contributed by atoms with E-state index in [1.54, 1.807) is 28.8 Å². The number of hydrogen-bond acceptors (Lipinski definition) is 8. The molecule has 1 amide bonds. The molecular formula is C21H21N3O5S2. The Kier molecular flexibility index (Phi) is 7.48. The molecule has 0 radical (unpaired) electrons. The Morgan fingerprint density at radius 2 is 1.97 bits per heavy atom. The number of hydrogen-bond donors (Lipinski definition) is 1. The van der Waals surface area contributed by atoms with Crippen LogP contribution in [0.1, 0.15) is 21.7 Å². The van der Waals surface area contributed by atoms with Crippen LogP contribution in [0.5, 0.6) is 5.75 Å². The fraction of sp³-hybridized carbons (Fsp3) is 0.238. The number of thioether (sulfide) groups is 1. The van der Waals surface area contributed by atoms with Crippen LogP contribution in [0.3, 0.4) is 0 Å². The topological polar surface area (TPSA) is 99.5 Å². The molecule has 0 aliphatic carbocycles. The predicted octanol–water partition coefficient (Wildman–Crippen LogP) is 3.34. The van der Waals surface area contributed by atoms with Gasteiger partial charge in [0.05, 0.1) is 26.0 Å². The lowest BCUT2D eigenvalue weighted by atomic mass is 10.2. The van der Waals surface area contributed by atoms with Gasteiger partial charge in [0.1, 0.15) is 10.9 Å². The van der Waals surface area contributed by atoms with Gasteiger partial charge in [-0.1, -0.05) is 11.8 Å². The molecule has 0 unspecified atom stereocenters. The van der Waals surface area contributed by atoms with Gasteiger partial charge in [-0.2, -0.15) is 0 Å². The van der Waals surface area contributed by atoms with E-state index in [4.69, 9.17) is 4.74 Å². The second-order valence-corrected chi connectivity index (χ2v) is 8.57. The van der Waals surface area contributed by atoms with Crippen LogP contribution in [-0.4, -0.2) is 35.6 Å². The van der Waals surface area contributed by atoms with Crippen LogP contribution in [-0.2, 0) is 21.8 Å². The van der Waals surface area contributed by atoms with Crippen LogP contribution < -0.4 is 15.5 Å². The molecule has 0 aliphatic heterocycles. The van der Waals surface area contributed by atoms with Crippen molar-refractivity contribution < 1.29 is 19.1 Å². The number of esters is 1. The fourth-order valence-electron chi connectivity index (χ4n) is 2.72. The third-order valence-corrected chi connectivity index (χ3v) is 6.42. The van der Waals surface area contributed by atoms with Crippen molar-refractivity contribution in [2.24, 2.45) is 0 Å². The van der Waals surface area contributed by atoms with E-state index in [-0.39, 0.29) is 23.6 Å². The lowest BCUT2D eigenvalue weighted by Crippen LogP contribution is -2.22. The van der Waals surface area contributed by atoms with Gasteiger partial charge >= 0.3 is 5.97 Å². The van der Waals surface area contributed by atoms with E-state index in [1.807, 2.05) is 12.3 Å². The number of benzene rings is 1. The highest BCUT2D eigenvalue weighted by Gasteiger charge is 2.13. The minimum Gasteiger partial charge on any atom is -0.491 e. The molecule has 0 spiro atoms. The van der Waals surface area contributed by atoms with Gasteiger partial charge in [0.25, 0.3) is 0 Å². The third kappa shape index (κ3) is 5.96. The number of rotatable bonds is 8. The SMILES string of the molecule is COC(=O)c1ccc(NC(=O)Cn2cc(OC)c(=O)cc2CSc2nc(C)cs2)cc1. The summed E-state index contributed by atoms with van der Waals surface area (Å²) in [7, 11) is 2.72. The lowest BCUT2D eigenvalue weighted by Gasteiger charge is -2.14. The predicted molar refractivity (Wildman–Crippen MR) is 120 cm³/mol. The number of anilines is 1. The summed E-state index contributed by atoms with van der Waals surface area (Å²) >= 11 is 3.03. The largest absolute Gasteiger partial charge is 0.491 e. The first-order valence-corrected chi connectivity index (χ1v) is 11.1. The van der Waals surface area contributed by atoms with Gasteiger partial charge < -0.3 is 19.4 Å². The third-order valence-electron chi connectivity index (χ3n) is 4.25. The summed E-state index contributed by atoms with van der Waals surface area (Å²) < 4.78 is 12.4. The summed E-state index contributed by atoms with van der Waals surface area (Å²) in [5, 5.41) is 4.74. The van der Waals surface area contributed by atoms with E-state index in [0.717, 1.165) is 10.0 Å². The number of amides is 1. The van der Waals surface area contributed by atoms with Gasteiger partial charge in [0.2, 0.25) is 11.3 Å². The Balaban J connectivity index is 1.74. The summed E-state index contributed by atoms with van der Waals surface area (Å²) in [6, 6.07) is 7.87. The van der Waals surface area contributed by atoms with Crippen molar-refractivity contribution in [1.82, 2.24) is 9.55 Å². The first kappa shape index (κ1) is 22.6. The molecule has 10 heteroatoms. The molecule has 31 heavy (non-hydrogen) atoms. The van der Waals surface area contributed by atoms with E-state index in [0.29, 0.717) is 22.7 Å². The van der Waals surface area contributed by atoms with Gasteiger partial charge in [0, 0.05) is 34.3 Å². The van der Waals surface area contributed by atoms with Crippen LogP contribution in [0.4, 0.5) is 5.69 Å². The number of ether oxygens (including phenoxy) is 2. The van der Waals surface area contributed by atoms with Crippen molar-refractivity contribution in [2.45, 2.75) is 23.6 Å². The monoisotopic (exact) mass is 459 g/mol. The van der Waals surface area contributed by atoms with Gasteiger partial charge in [-0.25, -0.2) is 9.78 Å². The molecule has 1 aromatic carbocycles. The van der Waals surface area contributed by atoms with E-state index >= 15 is 0 Å². The zero-order valence-corrected chi connectivity index (χ0v) is 18.8. The Labute approximate surface area is 187 Å². The molecule has 2 heterocycles. The molecule has 0 aliphatic rings. The molecule has 0 saturated carbocycles. The fourth-order valence-corrected chi connectivity index (χ4v) is 4.56. The number of methoxy groups -OCH3 is 2. The molecule has 162 valence electrons. The van der Waals surface area contributed by atoms with Crippen molar-refractivity contribution in [3.63, 3.8) is 0 Å². The van der Waals surface area contributed by atoms with Crippen molar-refractivity contribution >= 4 is 40.7 Å². The Morgan fingerprint density at radius 3 is 2.58 bits per heavy atom. The molecule has 0 saturated heterocycles. The molecule has 0 fully saturated rings. The van der Waals surface area contributed by atoms with E-state index < -0.39 is 5.97 Å². The summed E-state index contributed by atoms with van der Waals surface area (Å²) in [6.07, 6.45) is 1.53. The van der Waals surface area contributed by atoms with Crippen LogP contribution in [0, 0.1) is 6.92 Å². The zero-order valence-electron chi connectivity index (χ0n) is 17.2. The number of carbonyl (C=O) groups is 2. The molecule has 1 N–H and O–H groups in total. The summed E-state index contributed by atoms with van der Waals surface area (Å²) in [6.45, 7) is 1.91. The van der Waals surface area contributed by atoms with Crippen molar-refractivity contribution in [3.8, 4) is 5.75 Å². The Hall–Kier alpha value is -3.11. The number of nitrogens with one attached hydrogen (secondary N) is 1. The number of aryl methyl sites for hydroxylation is 1. The first-order valence-electron chi connectivity index (χ1n) is 9.20. The highest BCUT2D eigenvalue weighted by Crippen LogP contribution is 2.26. The zero-order chi connectivity index (χ0) is 22.4. The molecule has 2 aromatic heterocycles. The van der Waals surface area contributed by atoms with Gasteiger partial charge in [0.15, 0.2) is 5.75 Å². The first-order chi connectivity index (χ1) is 14.9. The Morgan fingerprint density at radius 1 is 1.23 bits per heavy atom. The Bertz CT molecular complexity index is 1140. The van der Waals surface area contributed by atoms with Crippen molar-refractivity contribution in [2.75, 3.05) is 19.5 Å². The number of carbonyl (C=O) groups excluding carboxylic acids is 2. The highest BCUT2D eigenvalue weighted by molar-refractivity contribution is 8.00. The second-order valence-electron chi connectivity index (χ2n) is 6.49. The van der Waals surface area contributed by atoms with Gasteiger partial charge in [-0.05, 0) is 31.2 Å². The minimum atomic E-state index is -0.448. The average molecular weight is 460 g/mol. The maximum Gasteiger partial charge on any atom is 0.337 e. The van der Waals surface area contributed by atoms with E-state index in [2.05, 4.69) is 15.0 Å². The van der Waals surface area contributed by atoms with Crippen molar-refractivity contribution in [3.05, 3.63) is 69.1 Å². The summed E-state index contributed by atoms with van der Waals surface area (Å²) in [4.78, 5) is 40.8. The number of nitrogens with zero attached hydrogens (tertiary/aromatic N) is 2. The number of aromatic nitrogens is 2. The van der Waals surface area contributed by atoms with E-state index in [1.165, 1.54) is 49.6 Å². The van der Waals surface area contributed by atoms with Gasteiger partial charge in [-0.3, -0.25) is 9.59 Å². The van der Waals surface area contributed by atoms with Crippen LogP contribution >= 0.6 is 23.1 Å². The normalized spacial score (nSPS) is 10.5. The van der Waals surface area contributed by atoms with E-state index in [9.17, 15) is 14.4 Å². The molecule has 8 nitrogen and oxygen atoms in total. The molecular weight excluding hydrogens is 438 g/mol. The quantitative estimate of drug-likeness (QED) is 0.407. The number of thiazole rings is 1. The molecule has 3 rings (SSSR count). The summed E-state index contributed by atoms with van der Waals surface area (Å²) in [5.74, 6) is -0.0921. The maximum absolute atomic E-state index is 12.6. The smallest absolute Gasteiger partial charge is 0.337 e. The molecule has 0 atom stereocenters. The molecule has 0 bridgehead atoms. The maximum atomic E-state index is 12.6. The van der Waals surface area contributed by atoms with Crippen molar-refractivity contribution in [1.29, 1.82) is 0 Å². The van der Waals surface area contributed by atoms with Crippen LogP contribution in [0.15, 0.2) is 51.0 Å². The second kappa shape index (κ2) is 10.3. The lowest BCUT2D eigenvalue weighted by molar-refractivity contribution is -0.116. The standard InChI is InChI=1S/C21H21N3O5S2/c1-13-11-30-21(22-13)31-12-16-8-17(25)18(28-2)9-24(16)10-19(26)23-15-6-4-14(5-7-15)20(27)29-3/h4-9,11H,10,12H2,1-3H3,(H,23,26). The number of pyridine rings is 1. The average Bonchev–Trinajstić information content (AvgIpc) is 3.18. The van der Waals surface area contributed by atoms with Crippen LogP contribution in [0.25, 0.3) is 0 Å². The highest BCUT2D eigenvalue weighted by atomic mass is 32.2. The minimum absolute atomic E-state index is 0.0117. The van der Waals surface area contributed by atoms with Crippen LogP contribution in [0.2, 0.25) is 0 Å². The van der Waals surface area contributed by atoms with Gasteiger partial charge in [-0.15, -0.1) is 11.3 Å².